The molecule has 136 valence electrons. The summed E-state index contributed by atoms with van der Waals surface area (Å²) in [7, 11) is 0. The molecule has 2 aromatic heterocycles. The number of aromatic nitrogens is 2. The normalized spacial score (nSPS) is 20.8. The Kier molecular flexibility index (Phi) is 5.66. The van der Waals surface area contributed by atoms with Crippen molar-refractivity contribution in [2.45, 2.75) is 96.1 Å². The van der Waals surface area contributed by atoms with Crippen LogP contribution in [-0.2, 0) is 6.54 Å². The Bertz CT molecular complexity index is 694. The number of hydrogen-bond acceptors (Lipinski definition) is 4. The van der Waals surface area contributed by atoms with Gasteiger partial charge in [0, 0.05) is 22.8 Å². The third kappa shape index (κ3) is 4.22. The van der Waals surface area contributed by atoms with Gasteiger partial charge >= 0.3 is 0 Å². The van der Waals surface area contributed by atoms with E-state index in [1.165, 1.54) is 86.5 Å². The van der Waals surface area contributed by atoms with Crippen LogP contribution in [0.1, 0.15) is 92.9 Å². The molecule has 0 radical (unpaired) electrons. The molecule has 0 saturated heterocycles. The molecular formula is C21H31N3S. The molecule has 3 nitrogen and oxygen atoms in total. The van der Waals surface area contributed by atoms with Crippen molar-refractivity contribution in [3.8, 4) is 0 Å². The monoisotopic (exact) mass is 357 g/mol. The lowest BCUT2D eigenvalue weighted by molar-refractivity contribution is 0.448. The van der Waals surface area contributed by atoms with Crippen LogP contribution in [0.25, 0.3) is 10.2 Å². The van der Waals surface area contributed by atoms with E-state index in [0.29, 0.717) is 6.04 Å². The number of fused-ring (bicyclic) bond motifs is 1. The van der Waals surface area contributed by atoms with Crippen LogP contribution in [0.15, 0.2) is 6.07 Å². The first-order valence-electron chi connectivity index (χ1n) is 10.3. The highest BCUT2D eigenvalue weighted by Crippen LogP contribution is 2.39. The zero-order chi connectivity index (χ0) is 17.1. The van der Waals surface area contributed by atoms with E-state index in [0.717, 1.165) is 18.3 Å². The van der Waals surface area contributed by atoms with Gasteiger partial charge in [-0.2, -0.15) is 0 Å². The zero-order valence-electron chi connectivity index (χ0n) is 15.5. The Morgan fingerprint density at radius 1 is 0.960 bits per heavy atom. The van der Waals surface area contributed by atoms with Gasteiger partial charge in [0.15, 0.2) is 0 Å². The minimum absolute atomic E-state index is 0.671. The third-order valence-corrected chi connectivity index (χ3v) is 7.21. The number of rotatable bonds is 4. The van der Waals surface area contributed by atoms with Crippen LogP contribution in [0.2, 0.25) is 0 Å². The highest BCUT2D eigenvalue weighted by atomic mass is 32.1. The highest BCUT2D eigenvalue weighted by molar-refractivity contribution is 7.18. The number of aryl methyl sites for hydroxylation is 1. The molecule has 0 atom stereocenters. The van der Waals surface area contributed by atoms with Crippen molar-refractivity contribution in [3.05, 3.63) is 22.5 Å². The lowest BCUT2D eigenvalue weighted by Gasteiger charge is -2.19. The van der Waals surface area contributed by atoms with Gasteiger partial charge in [-0.15, -0.1) is 11.3 Å². The average Bonchev–Trinajstić information content (AvgIpc) is 2.88. The van der Waals surface area contributed by atoms with Crippen molar-refractivity contribution in [3.63, 3.8) is 0 Å². The van der Waals surface area contributed by atoms with E-state index in [9.17, 15) is 0 Å². The molecule has 4 heteroatoms. The number of nitrogens with one attached hydrogen (secondary N) is 1. The van der Waals surface area contributed by atoms with E-state index >= 15 is 0 Å². The molecule has 0 spiro atoms. The van der Waals surface area contributed by atoms with Crippen molar-refractivity contribution in [1.29, 1.82) is 0 Å². The van der Waals surface area contributed by atoms with Crippen LogP contribution in [-0.4, -0.2) is 16.0 Å². The summed E-state index contributed by atoms with van der Waals surface area (Å²) in [6.45, 7) is 2.93. The minimum atomic E-state index is 0.671. The largest absolute Gasteiger partial charge is 0.308 e. The Morgan fingerprint density at radius 2 is 1.64 bits per heavy atom. The lowest BCUT2D eigenvalue weighted by Crippen LogP contribution is -2.28. The SMILES string of the molecule is Cc1nc(CNC2CCCCCC2)c2cc(C3CCCCC3)sc2n1. The third-order valence-electron chi connectivity index (χ3n) is 6.02. The summed E-state index contributed by atoms with van der Waals surface area (Å²) in [5.74, 6) is 1.68. The maximum atomic E-state index is 4.80. The van der Waals surface area contributed by atoms with Crippen molar-refractivity contribution in [2.24, 2.45) is 0 Å². The number of thiophene rings is 1. The highest BCUT2D eigenvalue weighted by Gasteiger charge is 2.20. The first kappa shape index (κ1) is 17.4. The predicted octanol–water partition coefficient (Wildman–Crippen LogP) is 5.86. The molecule has 2 saturated carbocycles. The standard InChI is InChI=1S/C21H31N3S/c1-15-23-19(14-22-17-11-7-2-3-8-12-17)18-13-20(25-21(18)24-15)16-9-5-4-6-10-16/h13,16-17,22H,2-12,14H2,1H3. The second-order valence-corrected chi connectivity index (χ2v) is 9.05. The molecule has 0 aromatic carbocycles. The Hall–Kier alpha value is -1.00. The predicted molar refractivity (Wildman–Crippen MR) is 106 cm³/mol. The fraction of sp³-hybridized carbons (Fsp3) is 0.714. The zero-order valence-corrected chi connectivity index (χ0v) is 16.3. The van der Waals surface area contributed by atoms with E-state index < -0.39 is 0 Å². The van der Waals surface area contributed by atoms with Gasteiger partial charge in [-0.1, -0.05) is 44.9 Å². The first-order valence-corrected chi connectivity index (χ1v) is 11.1. The fourth-order valence-electron chi connectivity index (χ4n) is 4.56. The summed E-state index contributed by atoms with van der Waals surface area (Å²) >= 11 is 1.92. The van der Waals surface area contributed by atoms with Gasteiger partial charge in [-0.25, -0.2) is 9.97 Å². The second kappa shape index (κ2) is 8.13. The summed E-state index contributed by atoms with van der Waals surface area (Å²) in [5.41, 5.74) is 1.21. The molecule has 0 aliphatic heterocycles. The summed E-state index contributed by atoms with van der Waals surface area (Å²) in [6, 6.07) is 3.09. The van der Waals surface area contributed by atoms with E-state index in [4.69, 9.17) is 9.97 Å². The molecule has 2 fully saturated rings. The summed E-state index contributed by atoms with van der Waals surface area (Å²) < 4.78 is 0. The molecular weight excluding hydrogens is 326 g/mol. The van der Waals surface area contributed by atoms with E-state index in [-0.39, 0.29) is 0 Å². The topological polar surface area (TPSA) is 37.8 Å². The van der Waals surface area contributed by atoms with Crippen molar-refractivity contribution in [1.82, 2.24) is 15.3 Å². The van der Waals surface area contributed by atoms with Crippen LogP contribution in [0.4, 0.5) is 0 Å². The van der Waals surface area contributed by atoms with Gasteiger partial charge < -0.3 is 5.32 Å². The summed E-state index contributed by atoms with van der Waals surface area (Å²) in [5, 5.41) is 5.10. The van der Waals surface area contributed by atoms with E-state index in [1.54, 1.807) is 4.88 Å². The number of nitrogens with zero attached hydrogens (tertiary/aromatic N) is 2. The van der Waals surface area contributed by atoms with Crippen molar-refractivity contribution >= 4 is 21.6 Å². The van der Waals surface area contributed by atoms with Crippen LogP contribution >= 0.6 is 11.3 Å². The smallest absolute Gasteiger partial charge is 0.127 e. The molecule has 2 aliphatic rings. The van der Waals surface area contributed by atoms with Gasteiger partial charge in [-0.3, -0.25) is 0 Å². The molecule has 2 heterocycles. The van der Waals surface area contributed by atoms with Gasteiger partial charge in [0.05, 0.1) is 5.69 Å². The fourth-order valence-corrected chi connectivity index (χ4v) is 5.83. The van der Waals surface area contributed by atoms with Crippen LogP contribution < -0.4 is 5.32 Å². The second-order valence-electron chi connectivity index (χ2n) is 7.99. The van der Waals surface area contributed by atoms with E-state index in [2.05, 4.69) is 11.4 Å². The van der Waals surface area contributed by atoms with Crippen molar-refractivity contribution < 1.29 is 0 Å². The molecule has 2 aliphatic carbocycles. The Labute approximate surface area is 155 Å². The van der Waals surface area contributed by atoms with Crippen LogP contribution in [0, 0.1) is 6.92 Å². The number of hydrogen-bond donors (Lipinski definition) is 1. The van der Waals surface area contributed by atoms with E-state index in [1.807, 2.05) is 18.3 Å². The lowest BCUT2D eigenvalue weighted by atomic mass is 9.88. The maximum absolute atomic E-state index is 4.80. The van der Waals surface area contributed by atoms with Gasteiger partial charge in [0.1, 0.15) is 10.7 Å². The van der Waals surface area contributed by atoms with Crippen LogP contribution in [0.5, 0.6) is 0 Å². The van der Waals surface area contributed by atoms with Crippen molar-refractivity contribution in [2.75, 3.05) is 0 Å². The molecule has 0 bridgehead atoms. The molecule has 2 aromatic rings. The summed E-state index contributed by atoms with van der Waals surface area (Å²) in [6.07, 6.45) is 15.1. The maximum Gasteiger partial charge on any atom is 0.127 e. The molecule has 1 N–H and O–H groups in total. The molecule has 0 amide bonds. The Balaban J connectivity index is 1.53. The van der Waals surface area contributed by atoms with Gasteiger partial charge in [0.2, 0.25) is 0 Å². The average molecular weight is 358 g/mol. The molecule has 25 heavy (non-hydrogen) atoms. The Morgan fingerprint density at radius 3 is 2.40 bits per heavy atom. The minimum Gasteiger partial charge on any atom is -0.308 e. The molecule has 0 unspecified atom stereocenters. The van der Waals surface area contributed by atoms with Gasteiger partial charge in [0.25, 0.3) is 0 Å². The molecule has 4 rings (SSSR count). The van der Waals surface area contributed by atoms with Gasteiger partial charge in [-0.05, 0) is 44.6 Å². The quantitative estimate of drug-likeness (QED) is 0.696. The first-order chi connectivity index (χ1) is 12.3. The van der Waals surface area contributed by atoms with Crippen LogP contribution in [0.3, 0.4) is 0 Å². The summed E-state index contributed by atoms with van der Waals surface area (Å²) in [4.78, 5) is 12.3.